The molecule has 1 aliphatic carbocycles. The molecule has 2 aromatic heterocycles. The monoisotopic (exact) mass is 481 g/mol. The second-order valence-corrected chi connectivity index (χ2v) is 9.05. The average Bonchev–Trinajstić information content (AvgIpc) is 3.52. The van der Waals surface area contributed by atoms with E-state index in [4.69, 9.17) is 17.3 Å². The molecule has 1 saturated heterocycles. The lowest BCUT2D eigenvalue weighted by atomic mass is 9.97. The summed E-state index contributed by atoms with van der Waals surface area (Å²) in [5, 5.41) is 11.0. The lowest BCUT2D eigenvalue weighted by Crippen LogP contribution is -2.52. The normalized spacial score (nSPS) is 21.1. The van der Waals surface area contributed by atoms with Gasteiger partial charge in [-0.3, -0.25) is 19.1 Å². The van der Waals surface area contributed by atoms with Crippen LogP contribution in [0.5, 0.6) is 0 Å². The molecule has 0 spiro atoms. The van der Waals surface area contributed by atoms with Gasteiger partial charge in [-0.15, -0.1) is 0 Å². The molecule has 1 saturated carbocycles. The largest absolute Gasteiger partial charge is 0.388 e. The van der Waals surface area contributed by atoms with E-state index in [1.165, 1.54) is 4.68 Å². The number of primary amides is 1. The Hall–Kier alpha value is -3.66. The van der Waals surface area contributed by atoms with Gasteiger partial charge in [0, 0.05) is 24.2 Å². The lowest BCUT2D eigenvalue weighted by molar-refractivity contribution is -0.141. The molecule has 3 heterocycles. The van der Waals surface area contributed by atoms with Crippen LogP contribution < -0.4 is 16.4 Å². The number of amides is 3. The summed E-state index contributed by atoms with van der Waals surface area (Å²) in [5.74, 6) is -0.756. The standard InChI is InChI=1S/C23H24ClN7O3/c1-26-13-6-8-15-16(10-13)30(29-20(15)22(25)33)11-19(32)31-14-7-5-12(9-14)21(31)23(34)28-18-4-2-3-17(24)27-18/h2-4,6,8,10,12,14,21,26H,5,7,9,11H2,1H3,(H2,25,33)(H,27,28,34). The fourth-order valence-corrected chi connectivity index (χ4v) is 5.37. The smallest absolute Gasteiger partial charge is 0.269 e. The number of fused-ring (bicyclic) bond motifs is 3. The van der Waals surface area contributed by atoms with Crippen molar-refractivity contribution in [3.63, 3.8) is 0 Å². The van der Waals surface area contributed by atoms with Crippen LogP contribution in [0, 0.1) is 5.92 Å². The Bertz CT molecular complexity index is 1310. The highest BCUT2D eigenvalue weighted by Crippen LogP contribution is 2.43. The first kappa shape index (κ1) is 22.1. The van der Waals surface area contributed by atoms with E-state index in [9.17, 15) is 14.4 Å². The SMILES string of the molecule is CNc1ccc2c(C(N)=O)nn(CC(=O)N3C4CCC(C4)C3C(=O)Nc3cccc(Cl)n3)c2c1. The molecule has 1 aromatic carbocycles. The molecule has 0 radical (unpaired) electrons. The van der Waals surface area contributed by atoms with Crippen molar-refractivity contribution in [3.8, 4) is 0 Å². The highest BCUT2D eigenvalue weighted by molar-refractivity contribution is 6.29. The van der Waals surface area contributed by atoms with E-state index in [-0.39, 0.29) is 41.2 Å². The molecule has 3 unspecified atom stereocenters. The predicted molar refractivity (Wildman–Crippen MR) is 127 cm³/mol. The Kier molecular flexibility index (Phi) is 5.60. The maximum Gasteiger partial charge on any atom is 0.269 e. The van der Waals surface area contributed by atoms with Crippen molar-refractivity contribution < 1.29 is 14.4 Å². The minimum absolute atomic E-state index is 0.00845. The summed E-state index contributed by atoms with van der Waals surface area (Å²) in [4.78, 5) is 44.4. The maximum atomic E-state index is 13.5. The van der Waals surface area contributed by atoms with Crippen molar-refractivity contribution in [3.05, 3.63) is 47.2 Å². The molecule has 1 aliphatic heterocycles. The minimum atomic E-state index is -0.667. The summed E-state index contributed by atoms with van der Waals surface area (Å²) in [5.41, 5.74) is 7.05. The highest BCUT2D eigenvalue weighted by atomic mass is 35.5. The second kappa shape index (κ2) is 8.60. The van der Waals surface area contributed by atoms with E-state index in [1.807, 2.05) is 12.1 Å². The average molecular weight is 482 g/mol. The van der Waals surface area contributed by atoms with Crippen LogP contribution in [0.3, 0.4) is 0 Å². The van der Waals surface area contributed by atoms with Gasteiger partial charge in [-0.1, -0.05) is 17.7 Å². The number of halogens is 1. The molecule has 3 amide bonds. The molecule has 2 aliphatic rings. The van der Waals surface area contributed by atoms with E-state index in [1.54, 1.807) is 36.2 Å². The molecule has 3 aromatic rings. The lowest BCUT2D eigenvalue weighted by Gasteiger charge is -2.34. The number of benzene rings is 1. The fraction of sp³-hybridized carbons (Fsp3) is 0.348. The zero-order valence-electron chi connectivity index (χ0n) is 18.5. The van der Waals surface area contributed by atoms with Crippen LogP contribution in [0.4, 0.5) is 11.5 Å². The number of pyridine rings is 1. The van der Waals surface area contributed by atoms with Crippen LogP contribution in [0.25, 0.3) is 10.9 Å². The topological polar surface area (TPSA) is 135 Å². The molecule has 34 heavy (non-hydrogen) atoms. The number of hydrogen-bond acceptors (Lipinski definition) is 6. The van der Waals surface area contributed by atoms with E-state index >= 15 is 0 Å². The van der Waals surface area contributed by atoms with Crippen LogP contribution in [-0.4, -0.2) is 56.5 Å². The third kappa shape index (κ3) is 3.83. The van der Waals surface area contributed by atoms with E-state index in [2.05, 4.69) is 20.7 Å². The van der Waals surface area contributed by atoms with Gasteiger partial charge in [0.15, 0.2) is 5.69 Å². The van der Waals surface area contributed by atoms with Gasteiger partial charge in [0.05, 0.1) is 5.52 Å². The van der Waals surface area contributed by atoms with Gasteiger partial charge in [-0.25, -0.2) is 4.98 Å². The van der Waals surface area contributed by atoms with Gasteiger partial charge < -0.3 is 21.3 Å². The number of nitrogens with zero attached hydrogens (tertiary/aromatic N) is 4. The van der Waals surface area contributed by atoms with Crippen molar-refractivity contribution in [1.29, 1.82) is 0 Å². The van der Waals surface area contributed by atoms with Gasteiger partial charge in [-0.2, -0.15) is 5.10 Å². The summed E-state index contributed by atoms with van der Waals surface area (Å²) in [7, 11) is 1.78. The molecular formula is C23H24ClN7O3. The number of carbonyl (C=O) groups is 3. The van der Waals surface area contributed by atoms with Gasteiger partial charge >= 0.3 is 0 Å². The van der Waals surface area contributed by atoms with E-state index in [0.29, 0.717) is 16.7 Å². The molecule has 2 fully saturated rings. The van der Waals surface area contributed by atoms with Crippen LogP contribution in [-0.2, 0) is 16.1 Å². The highest BCUT2D eigenvalue weighted by Gasteiger charge is 2.51. The number of piperidine rings is 1. The number of aromatic nitrogens is 3. The van der Waals surface area contributed by atoms with Crippen LogP contribution in [0.2, 0.25) is 5.15 Å². The Balaban J connectivity index is 1.43. The van der Waals surface area contributed by atoms with Crippen molar-refractivity contribution in [2.24, 2.45) is 11.7 Å². The molecule has 5 rings (SSSR count). The fourth-order valence-electron chi connectivity index (χ4n) is 5.20. The predicted octanol–water partition coefficient (Wildman–Crippen LogP) is 2.24. The molecule has 4 N–H and O–H groups in total. The van der Waals surface area contributed by atoms with Crippen LogP contribution >= 0.6 is 11.6 Å². The summed E-state index contributed by atoms with van der Waals surface area (Å²) in [6.07, 6.45) is 2.52. The maximum absolute atomic E-state index is 13.5. The zero-order valence-corrected chi connectivity index (χ0v) is 19.2. The first-order valence-electron chi connectivity index (χ1n) is 11.1. The minimum Gasteiger partial charge on any atom is -0.388 e. The van der Waals surface area contributed by atoms with E-state index < -0.39 is 11.9 Å². The molecule has 2 bridgehead atoms. The van der Waals surface area contributed by atoms with Gasteiger partial charge in [-0.05, 0) is 55.5 Å². The zero-order chi connectivity index (χ0) is 24.0. The number of carbonyl (C=O) groups excluding carboxylic acids is 3. The van der Waals surface area contributed by atoms with Crippen LogP contribution in [0.1, 0.15) is 29.8 Å². The second-order valence-electron chi connectivity index (χ2n) is 8.66. The summed E-state index contributed by atoms with van der Waals surface area (Å²) < 4.78 is 1.48. The third-order valence-corrected chi connectivity index (χ3v) is 6.88. The molecular weight excluding hydrogens is 458 g/mol. The molecule has 176 valence electrons. The number of rotatable bonds is 6. The first-order chi connectivity index (χ1) is 16.4. The summed E-state index contributed by atoms with van der Waals surface area (Å²) in [6.45, 7) is -0.112. The third-order valence-electron chi connectivity index (χ3n) is 6.67. The van der Waals surface area contributed by atoms with E-state index in [0.717, 1.165) is 24.9 Å². The Morgan fingerprint density at radius 1 is 1.21 bits per heavy atom. The molecule has 3 atom stereocenters. The van der Waals surface area contributed by atoms with Gasteiger partial charge in [0.25, 0.3) is 5.91 Å². The first-order valence-corrected chi connectivity index (χ1v) is 11.5. The Morgan fingerprint density at radius 3 is 2.76 bits per heavy atom. The number of nitrogens with one attached hydrogen (secondary N) is 2. The summed E-state index contributed by atoms with van der Waals surface area (Å²) in [6, 6.07) is 9.75. The number of likely N-dealkylation sites (tertiary alicyclic amines) is 1. The van der Waals surface area contributed by atoms with Crippen molar-refractivity contribution >= 4 is 51.7 Å². The number of hydrogen-bond donors (Lipinski definition) is 3. The molecule has 11 heteroatoms. The van der Waals surface area contributed by atoms with Crippen molar-refractivity contribution in [2.75, 3.05) is 17.7 Å². The molecule has 10 nitrogen and oxygen atoms in total. The number of nitrogens with two attached hydrogens (primary N) is 1. The van der Waals surface area contributed by atoms with Crippen molar-refractivity contribution in [2.45, 2.75) is 37.9 Å². The summed E-state index contributed by atoms with van der Waals surface area (Å²) >= 11 is 5.94. The number of anilines is 2. The van der Waals surface area contributed by atoms with Gasteiger partial charge in [0.1, 0.15) is 23.6 Å². The Morgan fingerprint density at radius 2 is 2.03 bits per heavy atom. The van der Waals surface area contributed by atoms with Crippen LogP contribution in [0.15, 0.2) is 36.4 Å². The Labute approximate surface area is 200 Å². The van der Waals surface area contributed by atoms with Gasteiger partial charge in [0.2, 0.25) is 11.8 Å². The van der Waals surface area contributed by atoms with Crippen molar-refractivity contribution in [1.82, 2.24) is 19.7 Å². The quantitative estimate of drug-likeness (QED) is 0.462.